The van der Waals surface area contributed by atoms with E-state index in [2.05, 4.69) is 22.0 Å². The number of carboxylic acids is 1. The average molecular weight is 303 g/mol. The minimum atomic E-state index is -0.987. The van der Waals surface area contributed by atoms with Gasteiger partial charge >= 0.3 is 5.97 Å². The molecule has 4 nitrogen and oxygen atoms in total. The molecule has 0 radical (unpaired) electrons. The topological polar surface area (TPSA) is 53.4 Å². The summed E-state index contributed by atoms with van der Waals surface area (Å²) in [5, 5.41) is 9.32. The Morgan fingerprint density at radius 3 is 2.76 bits per heavy atom. The molecule has 1 unspecified atom stereocenters. The van der Waals surface area contributed by atoms with Gasteiger partial charge in [0.15, 0.2) is 0 Å². The lowest BCUT2D eigenvalue weighted by Gasteiger charge is -2.18. The van der Waals surface area contributed by atoms with Gasteiger partial charge in [0, 0.05) is 19.0 Å². The van der Waals surface area contributed by atoms with Gasteiger partial charge in [-0.1, -0.05) is 41.9 Å². The highest BCUT2D eigenvalue weighted by Crippen LogP contribution is 2.30. The average Bonchev–Trinajstić information content (AvgIpc) is 2.97. The third kappa shape index (κ3) is 3.00. The number of benzene rings is 1. The first-order valence-corrected chi connectivity index (χ1v) is 7.22. The number of rotatable bonds is 3. The van der Waals surface area contributed by atoms with E-state index in [0.717, 1.165) is 19.5 Å². The number of hydrogen-bond acceptors (Lipinski definition) is 3. The van der Waals surface area contributed by atoms with Gasteiger partial charge < -0.3 is 10.0 Å². The SMILES string of the molecule is O=C(O)c1cc(Cl)nc(N2CCC(c3ccccc3)C2)c1. The van der Waals surface area contributed by atoms with Crippen LogP contribution < -0.4 is 4.90 Å². The van der Waals surface area contributed by atoms with E-state index in [4.69, 9.17) is 16.7 Å². The van der Waals surface area contributed by atoms with Crippen LogP contribution in [0.2, 0.25) is 5.15 Å². The smallest absolute Gasteiger partial charge is 0.335 e. The van der Waals surface area contributed by atoms with Crippen LogP contribution in [-0.2, 0) is 0 Å². The minimum absolute atomic E-state index is 0.174. The van der Waals surface area contributed by atoms with E-state index in [1.807, 2.05) is 18.2 Å². The zero-order chi connectivity index (χ0) is 14.8. The number of aromatic carboxylic acids is 1. The highest BCUT2D eigenvalue weighted by molar-refractivity contribution is 6.29. The lowest BCUT2D eigenvalue weighted by molar-refractivity contribution is 0.0697. The number of carboxylic acid groups (broad SMARTS) is 1. The van der Waals surface area contributed by atoms with Crippen molar-refractivity contribution in [2.45, 2.75) is 12.3 Å². The molecule has 1 atom stereocenters. The summed E-state index contributed by atoms with van der Waals surface area (Å²) in [5.74, 6) is 0.0953. The van der Waals surface area contributed by atoms with Gasteiger partial charge in [0.05, 0.1) is 5.56 Å². The molecule has 2 aromatic rings. The summed E-state index contributed by atoms with van der Waals surface area (Å²) in [6, 6.07) is 13.3. The molecule has 0 spiro atoms. The lowest BCUT2D eigenvalue weighted by atomic mass is 9.99. The van der Waals surface area contributed by atoms with Crippen LogP contribution >= 0.6 is 11.6 Å². The second-order valence-electron chi connectivity index (χ2n) is 5.18. The van der Waals surface area contributed by atoms with Gasteiger partial charge in [-0.05, 0) is 24.1 Å². The van der Waals surface area contributed by atoms with Gasteiger partial charge in [-0.3, -0.25) is 0 Å². The Morgan fingerprint density at radius 1 is 1.29 bits per heavy atom. The predicted octanol–water partition coefficient (Wildman–Crippen LogP) is 3.43. The summed E-state index contributed by atoms with van der Waals surface area (Å²) in [6.07, 6.45) is 1.03. The van der Waals surface area contributed by atoms with E-state index in [9.17, 15) is 4.79 Å². The van der Waals surface area contributed by atoms with E-state index >= 15 is 0 Å². The highest BCUT2D eigenvalue weighted by atomic mass is 35.5. The maximum atomic E-state index is 11.1. The van der Waals surface area contributed by atoms with Crippen molar-refractivity contribution in [1.82, 2.24) is 4.98 Å². The molecule has 1 aliphatic rings. The molecule has 1 fully saturated rings. The van der Waals surface area contributed by atoms with Crippen LogP contribution in [0.15, 0.2) is 42.5 Å². The van der Waals surface area contributed by atoms with E-state index in [0.29, 0.717) is 11.7 Å². The molecule has 1 aliphatic heterocycles. The maximum Gasteiger partial charge on any atom is 0.335 e. The molecule has 21 heavy (non-hydrogen) atoms. The molecule has 1 aromatic heterocycles. The molecule has 0 aliphatic carbocycles. The molecule has 1 saturated heterocycles. The second kappa shape index (κ2) is 5.74. The fourth-order valence-corrected chi connectivity index (χ4v) is 2.94. The zero-order valence-electron chi connectivity index (χ0n) is 11.4. The largest absolute Gasteiger partial charge is 0.478 e. The van der Waals surface area contributed by atoms with Crippen LogP contribution in [0.5, 0.6) is 0 Å². The Balaban J connectivity index is 1.82. The second-order valence-corrected chi connectivity index (χ2v) is 5.57. The monoisotopic (exact) mass is 302 g/mol. The Kier molecular flexibility index (Phi) is 3.80. The fraction of sp³-hybridized carbons (Fsp3) is 0.250. The number of nitrogens with zero attached hydrogens (tertiary/aromatic N) is 2. The van der Waals surface area contributed by atoms with Crippen LogP contribution in [-0.4, -0.2) is 29.1 Å². The highest BCUT2D eigenvalue weighted by Gasteiger charge is 2.25. The van der Waals surface area contributed by atoms with Crippen molar-refractivity contribution in [3.05, 3.63) is 58.7 Å². The summed E-state index contributed by atoms with van der Waals surface area (Å²) in [6.45, 7) is 1.68. The van der Waals surface area contributed by atoms with Gasteiger partial charge in [0.25, 0.3) is 0 Å². The van der Waals surface area contributed by atoms with Gasteiger partial charge in [-0.25, -0.2) is 9.78 Å². The van der Waals surface area contributed by atoms with Crippen molar-refractivity contribution in [2.24, 2.45) is 0 Å². The first kappa shape index (κ1) is 13.9. The van der Waals surface area contributed by atoms with Crippen molar-refractivity contribution >= 4 is 23.4 Å². The third-order valence-electron chi connectivity index (χ3n) is 3.81. The van der Waals surface area contributed by atoms with Gasteiger partial charge in [0.1, 0.15) is 11.0 Å². The lowest BCUT2D eigenvalue weighted by Crippen LogP contribution is -2.21. The van der Waals surface area contributed by atoms with E-state index < -0.39 is 5.97 Å². The van der Waals surface area contributed by atoms with Gasteiger partial charge in [-0.15, -0.1) is 0 Å². The molecule has 2 heterocycles. The number of aromatic nitrogens is 1. The van der Waals surface area contributed by atoms with Crippen molar-refractivity contribution in [2.75, 3.05) is 18.0 Å². The van der Waals surface area contributed by atoms with E-state index in [-0.39, 0.29) is 10.7 Å². The molecule has 0 amide bonds. The minimum Gasteiger partial charge on any atom is -0.478 e. The Labute approximate surface area is 128 Å². The summed E-state index contributed by atoms with van der Waals surface area (Å²) in [7, 11) is 0. The first-order chi connectivity index (χ1) is 10.1. The third-order valence-corrected chi connectivity index (χ3v) is 4.00. The molecular weight excluding hydrogens is 288 g/mol. The summed E-state index contributed by atoms with van der Waals surface area (Å²) < 4.78 is 0. The van der Waals surface area contributed by atoms with Crippen molar-refractivity contribution in [3.63, 3.8) is 0 Å². The molecule has 108 valence electrons. The fourth-order valence-electron chi connectivity index (χ4n) is 2.73. The number of carbonyl (C=O) groups is 1. The number of hydrogen-bond donors (Lipinski definition) is 1. The molecule has 0 saturated carbocycles. The molecular formula is C16H15ClN2O2. The van der Waals surface area contributed by atoms with Crippen LogP contribution in [0, 0.1) is 0 Å². The number of halogens is 1. The zero-order valence-corrected chi connectivity index (χ0v) is 12.1. The predicted molar refractivity (Wildman–Crippen MR) is 82.2 cm³/mol. The van der Waals surface area contributed by atoms with Crippen LogP contribution in [0.25, 0.3) is 0 Å². The summed E-state index contributed by atoms with van der Waals surface area (Å²) in [5.41, 5.74) is 1.48. The summed E-state index contributed by atoms with van der Waals surface area (Å²) >= 11 is 5.92. The maximum absolute atomic E-state index is 11.1. The first-order valence-electron chi connectivity index (χ1n) is 6.84. The Morgan fingerprint density at radius 2 is 2.05 bits per heavy atom. The van der Waals surface area contributed by atoms with Gasteiger partial charge in [0.2, 0.25) is 0 Å². The Bertz CT molecular complexity index is 661. The van der Waals surface area contributed by atoms with Crippen molar-refractivity contribution in [1.29, 1.82) is 0 Å². The van der Waals surface area contributed by atoms with E-state index in [1.165, 1.54) is 11.6 Å². The van der Waals surface area contributed by atoms with Crippen LogP contribution in [0.4, 0.5) is 5.82 Å². The van der Waals surface area contributed by atoms with Crippen LogP contribution in [0.1, 0.15) is 28.3 Å². The quantitative estimate of drug-likeness (QED) is 0.883. The van der Waals surface area contributed by atoms with Crippen molar-refractivity contribution < 1.29 is 9.90 Å². The molecule has 0 bridgehead atoms. The standard InChI is InChI=1S/C16H15ClN2O2/c17-14-8-13(16(20)21)9-15(18-14)19-7-6-12(10-19)11-4-2-1-3-5-11/h1-5,8-9,12H,6-7,10H2,(H,20,21). The van der Waals surface area contributed by atoms with Crippen molar-refractivity contribution in [3.8, 4) is 0 Å². The molecule has 5 heteroatoms. The molecule has 1 aromatic carbocycles. The molecule has 1 N–H and O–H groups in total. The Hall–Kier alpha value is -2.07. The van der Waals surface area contributed by atoms with E-state index in [1.54, 1.807) is 6.07 Å². The molecule has 3 rings (SSSR count). The number of anilines is 1. The summed E-state index contributed by atoms with van der Waals surface area (Å²) in [4.78, 5) is 17.4. The van der Waals surface area contributed by atoms with Crippen LogP contribution in [0.3, 0.4) is 0 Å². The number of pyridine rings is 1. The normalized spacial score (nSPS) is 18.0. The van der Waals surface area contributed by atoms with Gasteiger partial charge in [-0.2, -0.15) is 0 Å².